The summed E-state index contributed by atoms with van der Waals surface area (Å²) in [5.41, 5.74) is 7.70. The van der Waals surface area contributed by atoms with E-state index in [4.69, 9.17) is 5.73 Å². The van der Waals surface area contributed by atoms with Crippen LogP contribution >= 0.6 is 12.4 Å². The SMILES string of the molecule is CC(C)C(=O)N(C)Cc1ccc(C(=O)N2CCC(C(C)N)CC2)cc1.Cl. The third-order valence-electron chi connectivity index (χ3n) is 5.06. The molecule has 1 saturated heterocycles. The predicted octanol–water partition coefficient (Wildman–Crippen LogP) is 2.92. The minimum atomic E-state index is -0.00924. The number of hydrogen-bond donors (Lipinski definition) is 1. The fourth-order valence-corrected chi connectivity index (χ4v) is 3.36. The number of nitrogens with zero attached hydrogens (tertiary/aromatic N) is 2. The van der Waals surface area contributed by atoms with Crippen molar-refractivity contribution < 1.29 is 9.59 Å². The average Bonchev–Trinajstić information content (AvgIpc) is 2.61. The second kappa shape index (κ2) is 9.93. The van der Waals surface area contributed by atoms with Gasteiger partial charge in [0.05, 0.1) is 0 Å². The van der Waals surface area contributed by atoms with Gasteiger partial charge in [0, 0.05) is 44.2 Å². The summed E-state index contributed by atoms with van der Waals surface area (Å²) in [6.07, 6.45) is 1.95. The first kappa shape index (κ1) is 22.5. The Bertz CT molecular complexity index is 594. The van der Waals surface area contributed by atoms with Gasteiger partial charge in [0.25, 0.3) is 5.91 Å². The zero-order valence-electron chi connectivity index (χ0n) is 16.3. The molecule has 1 fully saturated rings. The smallest absolute Gasteiger partial charge is 0.253 e. The molecule has 1 aliphatic heterocycles. The Morgan fingerprint density at radius 3 is 2.15 bits per heavy atom. The van der Waals surface area contributed by atoms with Crippen LogP contribution < -0.4 is 5.73 Å². The quantitative estimate of drug-likeness (QED) is 0.852. The van der Waals surface area contributed by atoms with Crippen LogP contribution in [0.5, 0.6) is 0 Å². The van der Waals surface area contributed by atoms with Gasteiger partial charge in [-0.3, -0.25) is 9.59 Å². The van der Waals surface area contributed by atoms with Crippen LogP contribution in [0.3, 0.4) is 0 Å². The van der Waals surface area contributed by atoms with E-state index < -0.39 is 0 Å². The van der Waals surface area contributed by atoms with E-state index in [2.05, 4.69) is 0 Å². The Hall–Kier alpha value is -1.59. The number of carbonyl (C=O) groups is 2. The molecule has 1 atom stereocenters. The minimum absolute atomic E-state index is 0. The number of benzene rings is 1. The fraction of sp³-hybridized carbons (Fsp3) is 0.600. The highest BCUT2D eigenvalue weighted by atomic mass is 35.5. The zero-order chi connectivity index (χ0) is 18.6. The summed E-state index contributed by atoms with van der Waals surface area (Å²) >= 11 is 0. The first-order valence-electron chi connectivity index (χ1n) is 9.18. The van der Waals surface area contributed by atoms with Crippen molar-refractivity contribution in [1.29, 1.82) is 0 Å². The highest BCUT2D eigenvalue weighted by Gasteiger charge is 2.25. The molecule has 1 heterocycles. The van der Waals surface area contributed by atoms with Crippen molar-refractivity contribution >= 4 is 24.2 Å². The molecule has 0 saturated carbocycles. The normalized spacial score (nSPS) is 16.2. The molecule has 0 spiro atoms. The number of piperidine rings is 1. The number of hydrogen-bond acceptors (Lipinski definition) is 3. The number of nitrogens with two attached hydrogens (primary N) is 1. The maximum atomic E-state index is 12.6. The van der Waals surface area contributed by atoms with E-state index in [1.54, 1.807) is 4.90 Å². The predicted molar refractivity (Wildman–Crippen MR) is 107 cm³/mol. The Labute approximate surface area is 163 Å². The van der Waals surface area contributed by atoms with Gasteiger partial charge in [0.1, 0.15) is 0 Å². The summed E-state index contributed by atoms with van der Waals surface area (Å²) in [7, 11) is 1.81. The van der Waals surface area contributed by atoms with E-state index in [9.17, 15) is 9.59 Å². The molecule has 1 unspecified atom stereocenters. The van der Waals surface area contributed by atoms with Crippen LogP contribution in [-0.4, -0.2) is 47.8 Å². The van der Waals surface area contributed by atoms with Crippen LogP contribution in [0.4, 0.5) is 0 Å². The Kier molecular flexibility index (Phi) is 8.57. The molecular formula is C20H32ClN3O2. The van der Waals surface area contributed by atoms with Crippen molar-refractivity contribution in [3.63, 3.8) is 0 Å². The number of rotatable bonds is 5. The van der Waals surface area contributed by atoms with E-state index in [1.165, 1.54) is 0 Å². The summed E-state index contributed by atoms with van der Waals surface area (Å²) in [6.45, 7) is 7.95. The van der Waals surface area contributed by atoms with E-state index in [0.29, 0.717) is 18.0 Å². The lowest BCUT2D eigenvalue weighted by molar-refractivity contribution is -0.133. The zero-order valence-corrected chi connectivity index (χ0v) is 17.1. The second-order valence-electron chi connectivity index (χ2n) is 7.53. The second-order valence-corrected chi connectivity index (χ2v) is 7.53. The van der Waals surface area contributed by atoms with Gasteiger partial charge >= 0.3 is 0 Å². The molecule has 0 aliphatic carbocycles. The third-order valence-corrected chi connectivity index (χ3v) is 5.06. The fourth-order valence-electron chi connectivity index (χ4n) is 3.36. The largest absolute Gasteiger partial charge is 0.341 e. The van der Waals surface area contributed by atoms with Crippen molar-refractivity contribution in [1.82, 2.24) is 9.80 Å². The molecule has 1 aliphatic rings. The number of likely N-dealkylation sites (tertiary alicyclic amines) is 1. The van der Waals surface area contributed by atoms with E-state index in [1.807, 2.05) is 57.0 Å². The van der Waals surface area contributed by atoms with Crippen molar-refractivity contribution in [3.8, 4) is 0 Å². The van der Waals surface area contributed by atoms with Gasteiger partial charge in [0.2, 0.25) is 5.91 Å². The molecule has 5 nitrogen and oxygen atoms in total. The van der Waals surface area contributed by atoms with Crippen LogP contribution in [0.15, 0.2) is 24.3 Å². The summed E-state index contributed by atoms with van der Waals surface area (Å²) in [5, 5.41) is 0. The van der Waals surface area contributed by atoms with Crippen LogP contribution in [-0.2, 0) is 11.3 Å². The standard InChI is InChI=1S/C20H31N3O2.ClH/c1-14(2)19(24)22(4)13-16-5-7-18(8-6-16)20(25)23-11-9-17(10-12-23)15(3)21;/h5-8,14-15,17H,9-13,21H2,1-4H3;1H. The Morgan fingerprint density at radius 2 is 1.69 bits per heavy atom. The minimum Gasteiger partial charge on any atom is -0.341 e. The molecule has 6 heteroatoms. The van der Waals surface area contributed by atoms with Crippen LogP contribution in [0, 0.1) is 11.8 Å². The molecule has 146 valence electrons. The highest BCUT2D eigenvalue weighted by molar-refractivity contribution is 5.94. The molecular weight excluding hydrogens is 350 g/mol. The van der Waals surface area contributed by atoms with Crippen LogP contribution in [0.1, 0.15) is 49.5 Å². The van der Waals surface area contributed by atoms with Gasteiger partial charge in [-0.05, 0) is 43.4 Å². The van der Waals surface area contributed by atoms with Gasteiger partial charge in [0.15, 0.2) is 0 Å². The van der Waals surface area contributed by atoms with E-state index >= 15 is 0 Å². The summed E-state index contributed by atoms with van der Waals surface area (Å²) < 4.78 is 0. The monoisotopic (exact) mass is 381 g/mol. The Balaban J connectivity index is 0.00000338. The Morgan fingerprint density at radius 1 is 1.15 bits per heavy atom. The average molecular weight is 382 g/mol. The number of carbonyl (C=O) groups excluding carboxylic acids is 2. The lowest BCUT2D eigenvalue weighted by atomic mass is 9.90. The molecule has 0 bridgehead atoms. The highest BCUT2D eigenvalue weighted by Crippen LogP contribution is 2.21. The number of amides is 2. The third kappa shape index (κ3) is 5.71. The van der Waals surface area contributed by atoms with Gasteiger partial charge in [-0.2, -0.15) is 0 Å². The van der Waals surface area contributed by atoms with Crippen molar-refractivity contribution in [2.24, 2.45) is 17.6 Å². The molecule has 2 rings (SSSR count). The van der Waals surface area contributed by atoms with Gasteiger partial charge in [-0.25, -0.2) is 0 Å². The van der Waals surface area contributed by atoms with E-state index in [0.717, 1.165) is 31.5 Å². The molecule has 0 radical (unpaired) electrons. The summed E-state index contributed by atoms with van der Waals surface area (Å²) in [6, 6.07) is 7.80. The molecule has 0 aromatic heterocycles. The summed E-state index contributed by atoms with van der Waals surface area (Å²) in [4.78, 5) is 28.2. The van der Waals surface area contributed by atoms with Crippen LogP contribution in [0.2, 0.25) is 0 Å². The topological polar surface area (TPSA) is 66.6 Å². The van der Waals surface area contributed by atoms with Gasteiger partial charge in [-0.15, -0.1) is 12.4 Å². The molecule has 1 aromatic rings. The summed E-state index contributed by atoms with van der Waals surface area (Å²) in [5.74, 6) is 0.712. The molecule has 2 amide bonds. The molecule has 2 N–H and O–H groups in total. The van der Waals surface area contributed by atoms with Crippen LogP contribution in [0.25, 0.3) is 0 Å². The first-order chi connectivity index (χ1) is 11.8. The number of halogens is 1. The lowest BCUT2D eigenvalue weighted by Crippen LogP contribution is -2.42. The van der Waals surface area contributed by atoms with E-state index in [-0.39, 0.29) is 36.2 Å². The molecule has 26 heavy (non-hydrogen) atoms. The molecule has 1 aromatic carbocycles. The lowest BCUT2D eigenvalue weighted by Gasteiger charge is -2.33. The maximum absolute atomic E-state index is 12.6. The van der Waals surface area contributed by atoms with Gasteiger partial charge in [-0.1, -0.05) is 26.0 Å². The van der Waals surface area contributed by atoms with Crippen molar-refractivity contribution in [2.45, 2.75) is 46.2 Å². The van der Waals surface area contributed by atoms with Gasteiger partial charge < -0.3 is 15.5 Å². The van der Waals surface area contributed by atoms with Crippen molar-refractivity contribution in [3.05, 3.63) is 35.4 Å². The van der Waals surface area contributed by atoms with Crippen molar-refractivity contribution in [2.75, 3.05) is 20.1 Å². The first-order valence-corrected chi connectivity index (χ1v) is 9.18. The maximum Gasteiger partial charge on any atom is 0.253 e.